The number of rotatable bonds is 9. The number of hydrogen-bond donors (Lipinski definition) is 2. The molecule has 3 aromatic carbocycles. The van der Waals surface area contributed by atoms with E-state index >= 15 is 0 Å². The summed E-state index contributed by atoms with van der Waals surface area (Å²) in [4.78, 5) is 20.4. The number of fused-ring (bicyclic) bond motifs is 1. The van der Waals surface area contributed by atoms with Crippen molar-refractivity contribution >= 4 is 23.6 Å². The number of nitrogens with zero attached hydrogens (tertiary/aromatic N) is 4. The largest absolute Gasteiger partial charge is 0.491 e. The van der Waals surface area contributed by atoms with Crippen molar-refractivity contribution in [2.75, 3.05) is 11.9 Å². The SMILES string of the molecule is CC(C)Oc1ccc(-c2ccc(-c3nc(-c4ccc5c(c4)N=CCN5)nn3CCCC(=O)O)cc2)cc1. The van der Waals surface area contributed by atoms with Gasteiger partial charge in [0.25, 0.3) is 0 Å². The Bertz CT molecular complexity index is 1420. The van der Waals surface area contributed by atoms with Gasteiger partial charge in [-0.3, -0.25) is 9.79 Å². The van der Waals surface area contributed by atoms with Gasteiger partial charge in [0.1, 0.15) is 5.75 Å². The molecule has 0 unspecified atom stereocenters. The zero-order valence-corrected chi connectivity index (χ0v) is 20.9. The molecular weight excluding hydrogens is 466 g/mol. The number of nitrogens with one attached hydrogen (secondary N) is 1. The lowest BCUT2D eigenvalue weighted by Crippen LogP contribution is -2.06. The summed E-state index contributed by atoms with van der Waals surface area (Å²) in [5.74, 6) is 1.31. The average Bonchev–Trinajstić information content (AvgIpc) is 3.32. The quantitative estimate of drug-likeness (QED) is 0.293. The van der Waals surface area contributed by atoms with Crippen molar-refractivity contribution in [1.29, 1.82) is 0 Å². The molecule has 8 nitrogen and oxygen atoms in total. The second-order valence-electron chi connectivity index (χ2n) is 9.17. The van der Waals surface area contributed by atoms with Crippen molar-refractivity contribution < 1.29 is 14.6 Å². The van der Waals surface area contributed by atoms with Gasteiger partial charge in [-0.15, -0.1) is 0 Å². The average molecular weight is 496 g/mol. The van der Waals surface area contributed by atoms with E-state index in [1.165, 1.54) is 0 Å². The Morgan fingerprint density at radius 3 is 2.38 bits per heavy atom. The molecule has 4 aromatic rings. The Hall–Kier alpha value is -4.46. The number of aliphatic carboxylic acids is 1. The number of aryl methyl sites for hydroxylation is 1. The summed E-state index contributed by atoms with van der Waals surface area (Å²) >= 11 is 0. The first-order chi connectivity index (χ1) is 18.0. The summed E-state index contributed by atoms with van der Waals surface area (Å²) in [6, 6.07) is 22.1. The van der Waals surface area contributed by atoms with Crippen LogP contribution >= 0.6 is 0 Å². The number of carbonyl (C=O) groups is 1. The molecule has 0 fully saturated rings. The summed E-state index contributed by atoms with van der Waals surface area (Å²) in [5.41, 5.74) is 5.77. The van der Waals surface area contributed by atoms with E-state index < -0.39 is 5.97 Å². The Labute approximate surface area is 215 Å². The normalized spacial score (nSPS) is 12.3. The van der Waals surface area contributed by atoms with Crippen LogP contribution in [0.1, 0.15) is 26.7 Å². The molecule has 0 radical (unpaired) electrons. The summed E-state index contributed by atoms with van der Waals surface area (Å²) < 4.78 is 7.54. The van der Waals surface area contributed by atoms with Crippen LogP contribution in [0.2, 0.25) is 0 Å². The van der Waals surface area contributed by atoms with Crippen molar-refractivity contribution in [3.63, 3.8) is 0 Å². The minimum Gasteiger partial charge on any atom is -0.491 e. The fourth-order valence-corrected chi connectivity index (χ4v) is 4.25. The number of anilines is 1. The second kappa shape index (κ2) is 10.7. The molecule has 2 N–H and O–H groups in total. The second-order valence-corrected chi connectivity index (χ2v) is 9.17. The maximum Gasteiger partial charge on any atom is 0.303 e. The van der Waals surface area contributed by atoms with Gasteiger partial charge in [0, 0.05) is 30.3 Å². The van der Waals surface area contributed by atoms with Crippen LogP contribution in [0.4, 0.5) is 11.4 Å². The zero-order chi connectivity index (χ0) is 25.8. The van der Waals surface area contributed by atoms with E-state index in [1.807, 2.05) is 74.7 Å². The van der Waals surface area contributed by atoms with Crippen LogP contribution in [0.5, 0.6) is 5.75 Å². The van der Waals surface area contributed by atoms with Crippen molar-refractivity contribution in [1.82, 2.24) is 14.8 Å². The molecule has 0 spiro atoms. The zero-order valence-electron chi connectivity index (χ0n) is 20.9. The third kappa shape index (κ3) is 5.69. The first-order valence-corrected chi connectivity index (χ1v) is 12.4. The first-order valence-electron chi connectivity index (χ1n) is 12.4. The molecular formula is C29H29N5O3. The number of hydrogen-bond acceptors (Lipinski definition) is 6. The maximum absolute atomic E-state index is 11.1. The third-order valence-corrected chi connectivity index (χ3v) is 6.00. The van der Waals surface area contributed by atoms with E-state index in [4.69, 9.17) is 19.9 Å². The summed E-state index contributed by atoms with van der Waals surface area (Å²) in [7, 11) is 0. The van der Waals surface area contributed by atoms with Gasteiger partial charge < -0.3 is 15.2 Å². The van der Waals surface area contributed by atoms with Gasteiger partial charge in [-0.25, -0.2) is 9.67 Å². The van der Waals surface area contributed by atoms with Crippen LogP contribution in [-0.4, -0.2) is 44.7 Å². The van der Waals surface area contributed by atoms with Gasteiger partial charge in [-0.1, -0.05) is 36.4 Å². The number of benzene rings is 3. The van der Waals surface area contributed by atoms with Crippen molar-refractivity contribution in [2.45, 2.75) is 39.3 Å². The molecule has 188 valence electrons. The summed E-state index contributed by atoms with van der Waals surface area (Å²) in [6.45, 7) is 5.18. The lowest BCUT2D eigenvalue weighted by molar-refractivity contribution is -0.137. The monoisotopic (exact) mass is 495 g/mol. The fraction of sp³-hybridized carbons (Fsp3) is 0.241. The van der Waals surface area contributed by atoms with Crippen LogP contribution in [0.25, 0.3) is 33.9 Å². The van der Waals surface area contributed by atoms with E-state index in [-0.39, 0.29) is 12.5 Å². The van der Waals surface area contributed by atoms with Crippen LogP contribution in [0.15, 0.2) is 71.7 Å². The number of aliphatic imine (C=N–C) groups is 1. The molecule has 1 aliphatic heterocycles. The number of carboxylic acids is 1. The Morgan fingerprint density at radius 2 is 1.68 bits per heavy atom. The highest BCUT2D eigenvalue weighted by Gasteiger charge is 2.16. The molecule has 1 aromatic heterocycles. The van der Waals surface area contributed by atoms with E-state index in [0.29, 0.717) is 31.2 Å². The van der Waals surface area contributed by atoms with Crippen LogP contribution in [0, 0.1) is 0 Å². The van der Waals surface area contributed by atoms with Crippen LogP contribution < -0.4 is 10.1 Å². The first kappa shape index (κ1) is 24.2. The predicted octanol–water partition coefficient (Wildman–Crippen LogP) is 6.06. The Balaban J connectivity index is 1.44. The van der Waals surface area contributed by atoms with Crippen LogP contribution in [0.3, 0.4) is 0 Å². The topological polar surface area (TPSA) is 102 Å². The molecule has 0 atom stereocenters. The Morgan fingerprint density at radius 1 is 1.00 bits per heavy atom. The van der Waals surface area contributed by atoms with Gasteiger partial charge in [0.05, 0.1) is 24.0 Å². The summed E-state index contributed by atoms with van der Waals surface area (Å²) in [5, 5.41) is 17.1. The van der Waals surface area contributed by atoms with E-state index in [0.717, 1.165) is 39.4 Å². The van der Waals surface area contributed by atoms with E-state index in [2.05, 4.69) is 22.4 Å². The van der Waals surface area contributed by atoms with Gasteiger partial charge in [-0.2, -0.15) is 5.10 Å². The standard InChI is InChI=1S/C29H29N5O3/c1-19(2)37-24-12-9-21(10-13-24)20-5-7-22(8-6-20)29-32-28(33-34(29)17-3-4-27(35)36)23-11-14-25-26(18-23)31-16-15-30-25/h5-14,16,18-19,30H,3-4,15,17H2,1-2H3,(H,35,36). The smallest absolute Gasteiger partial charge is 0.303 e. The third-order valence-electron chi connectivity index (χ3n) is 6.00. The molecule has 5 rings (SSSR count). The lowest BCUT2D eigenvalue weighted by Gasteiger charge is -2.12. The predicted molar refractivity (Wildman–Crippen MR) is 146 cm³/mol. The molecule has 0 saturated heterocycles. The molecule has 0 saturated carbocycles. The number of aromatic nitrogens is 3. The minimum absolute atomic E-state index is 0.0727. The molecule has 0 aliphatic carbocycles. The van der Waals surface area contributed by atoms with Crippen molar-refractivity contribution in [3.05, 3.63) is 66.7 Å². The Kier molecular flexibility index (Phi) is 6.98. The molecule has 0 bridgehead atoms. The number of ether oxygens (including phenoxy) is 1. The highest BCUT2D eigenvalue weighted by Crippen LogP contribution is 2.33. The van der Waals surface area contributed by atoms with E-state index in [1.54, 1.807) is 4.68 Å². The number of carboxylic acid groups (broad SMARTS) is 1. The van der Waals surface area contributed by atoms with Crippen molar-refractivity contribution in [2.24, 2.45) is 4.99 Å². The molecule has 8 heteroatoms. The summed E-state index contributed by atoms with van der Waals surface area (Å²) in [6.07, 6.45) is 2.51. The van der Waals surface area contributed by atoms with Crippen LogP contribution in [-0.2, 0) is 11.3 Å². The van der Waals surface area contributed by atoms with Gasteiger partial charge >= 0.3 is 5.97 Å². The highest BCUT2D eigenvalue weighted by atomic mass is 16.5. The molecule has 37 heavy (non-hydrogen) atoms. The molecule has 1 aliphatic rings. The van der Waals surface area contributed by atoms with Crippen molar-refractivity contribution in [3.8, 4) is 39.7 Å². The maximum atomic E-state index is 11.1. The highest BCUT2D eigenvalue weighted by molar-refractivity contribution is 5.83. The van der Waals surface area contributed by atoms with Gasteiger partial charge in [0.15, 0.2) is 11.6 Å². The molecule has 0 amide bonds. The fourth-order valence-electron chi connectivity index (χ4n) is 4.25. The molecule has 2 heterocycles. The lowest BCUT2D eigenvalue weighted by atomic mass is 10.0. The van der Waals surface area contributed by atoms with Gasteiger partial charge in [-0.05, 0) is 61.7 Å². The van der Waals surface area contributed by atoms with E-state index in [9.17, 15) is 4.79 Å². The van der Waals surface area contributed by atoms with Gasteiger partial charge in [0.2, 0.25) is 0 Å². The minimum atomic E-state index is -0.823.